The summed E-state index contributed by atoms with van der Waals surface area (Å²) in [7, 11) is 0. The molecule has 19 heavy (non-hydrogen) atoms. The van der Waals surface area contributed by atoms with Crippen LogP contribution in [0.3, 0.4) is 0 Å². The van der Waals surface area contributed by atoms with Crippen molar-refractivity contribution in [3.05, 3.63) is 17.5 Å². The van der Waals surface area contributed by atoms with Crippen LogP contribution in [0.4, 0.5) is 8.78 Å². The second-order valence-electron chi connectivity index (χ2n) is 5.21. The van der Waals surface area contributed by atoms with Crippen molar-refractivity contribution in [1.82, 2.24) is 14.7 Å². The first-order valence-electron chi connectivity index (χ1n) is 6.21. The van der Waals surface area contributed by atoms with E-state index in [0.717, 1.165) is 0 Å². The molecule has 1 amide bonds. The zero-order chi connectivity index (χ0) is 14.2. The minimum Gasteiger partial charge on any atom is -0.389 e. The molecule has 7 heteroatoms. The van der Waals surface area contributed by atoms with Crippen molar-refractivity contribution in [3.63, 3.8) is 0 Å². The van der Waals surface area contributed by atoms with E-state index in [9.17, 15) is 13.6 Å². The minimum atomic E-state index is -2.73. The maximum atomic E-state index is 12.9. The predicted octanol–water partition coefficient (Wildman–Crippen LogP) is 1.29. The van der Waals surface area contributed by atoms with Crippen molar-refractivity contribution in [1.29, 1.82) is 0 Å². The largest absolute Gasteiger partial charge is 0.389 e. The Hall–Kier alpha value is -1.50. The molecule has 1 N–H and O–H groups in total. The van der Waals surface area contributed by atoms with Gasteiger partial charge >= 0.3 is 0 Å². The van der Waals surface area contributed by atoms with Crippen LogP contribution in [0.2, 0.25) is 0 Å². The number of aliphatic hydroxyl groups is 1. The molecule has 5 nitrogen and oxygen atoms in total. The zero-order valence-electron chi connectivity index (χ0n) is 10.9. The number of aliphatic hydroxyl groups excluding tert-OH is 1. The number of carbonyl (C=O) groups is 1. The van der Waals surface area contributed by atoms with Crippen LogP contribution in [-0.2, 0) is 6.54 Å². The molecule has 2 heterocycles. The summed E-state index contributed by atoms with van der Waals surface area (Å²) in [4.78, 5) is 13.3. The van der Waals surface area contributed by atoms with Gasteiger partial charge in [0.25, 0.3) is 12.3 Å². The van der Waals surface area contributed by atoms with Gasteiger partial charge in [0, 0.05) is 25.8 Å². The summed E-state index contributed by atoms with van der Waals surface area (Å²) >= 11 is 0. The van der Waals surface area contributed by atoms with Crippen LogP contribution >= 0.6 is 0 Å². The summed E-state index contributed by atoms with van der Waals surface area (Å²) in [5.41, 5.74) is -0.547. The van der Waals surface area contributed by atoms with E-state index in [4.69, 9.17) is 5.11 Å². The Bertz CT molecular complexity index is 468. The van der Waals surface area contributed by atoms with Crippen LogP contribution in [0.25, 0.3) is 0 Å². The van der Waals surface area contributed by atoms with Crippen molar-refractivity contribution < 1.29 is 18.7 Å². The quantitative estimate of drug-likeness (QED) is 0.899. The van der Waals surface area contributed by atoms with Gasteiger partial charge in [-0.25, -0.2) is 8.78 Å². The molecule has 0 bridgehead atoms. The highest BCUT2D eigenvalue weighted by Gasteiger charge is 2.33. The Labute approximate surface area is 109 Å². The number of likely N-dealkylation sites (tertiary alicyclic amines) is 1. The second kappa shape index (κ2) is 5.24. The summed E-state index contributed by atoms with van der Waals surface area (Å²) in [5.74, 6) is -0.290. The summed E-state index contributed by atoms with van der Waals surface area (Å²) in [6, 6.07) is 0. The molecule has 0 saturated carbocycles. The maximum Gasteiger partial charge on any atom is 0.275 e. The van der Waals surface area contributed by atoms with Gasteiger partial charge in [-0.1, -0.05) is 13.8 Å². The molecular formula is C12H17F2N3O2. The van der Waals surface area contributed by atoms with Crippen molar-refractivity contribution in [2.45, 2.75) is 32.9 Å². The van der Waals surface area contributed by atoms with Crippen LogP contribution in [0.1, 0.15) is 36.3 Å². The van der Waals surface area contributed by atoms with Crippen LogP contribution in [0.5, 0.6) is 0 Å². The third kappa shape index (κ3) is 2.91. The van der Waals surface area contributed by atoms with E-state index in [1.54, 1.807) is 0 Å². The van der Waals surface area contributed by atoms with Crippen molar-refractivity contribution in [2.75, 3.05) is 13.1 Å². The minimum absolute atomic E-state index is 0.179. The topological polar surface area (TPSA) is 58.4 Å². The van der Waals surface area contributed by atoms with E-state index in [1.165, 1.54) is 15.8 Å². The lowest BCUT2D eigenvalue weighted by molar-refractivity contribution is 0.00505. The molecule has 0 aliphatic carbocycles. The van der Waals surface area contributed by atoms with E-state index >= 15 is 0 Å². The summed E-state index contributed by atoms with van der Waals surface area (Å²) < 4.78 is 27.2. The van der Waals surface area contributed by atoms with Gasteiger partial charge in [-0.2, -0.15) is 5.10 Å². The Morgan fingerprint density at radius 1 is 1.53 bits per heavy atom. The van der Waals surface area contributed by atoms with E-state index in [1.807, 2.05) is 13.8 Å². The molecule has 0 unspecified atom stereocenters. The number of nitrogens with zero attached hydrogens (tertiary/aromatic N) is 3. The number of rotatable bonds is 4. The number of halogens is 2. The number of hydrogen-bond acceptors (Lipinski definition) is 3. The first-order chi connectivity index (χ1) is 8.88. The van der Waals surface area contributed by atoms with Crippen molar-refractivity contribution >= 4 is 5.91 Å². The molecule has 0 spiro atoms. The van der Waals surface area contributed by atoms with Crippen molar-refractivity contribution in [2.24, 2.45) is 5.92 Å². The van der Waals surface area contributed by atoms with Crippen LogP contribution in [0, 0.1) is 5.92 Å². The SMILES string of the molecule is CC(C)Cn1cc(C(F)F)c(C(=O)N2CC(O)C2)n1. The monoisotopic (exact) mass is 273 g/mol. The molecule has 0 atom stereocenters. The third-order valence-corrected chi connectivity index (χ3v) is 2.93. The average molecular weight is 273 g/mol. The first kappa shape index (κ1) is 13.9. The van der Waals surface area contributed by atoms with Crippen LogP contribution < -0.4 is 0 Å². The highest BCUT2D eigenvalue weighted by Crippen LogP contribution is 2.25. The molecule has 0 aromatic carbocycles. The second-order valence-corrected chi connectivity index (χ2v) is 5.21. The van der Waals surface area contributed by atoms with Gasteiger partial charge < -0.3 is 10.0 Å². The number of amides is 1. The Kier molecular flexibility index (Phi) is 3.84. The molecule has 1 aliphatic rings. The predicted molar refractivity (Wildman–Crippen MR) is 63.9 cm³/mol. The van der Waals surface area contributed by atoms with Crippen molar-refractivity contribution in [3.8, 4) is 0 Å². The number of alkyl halides is 2. The lowest BCUT2D eigenvalue weighted by Crippen LogP contribution is -2.53. The van der Waals surface area contributed by atoms with E-state index in [-0.39, 0.29) is 30.3 Å². The molecule has 106 valence electrons. The highest BCUT2D eigenvalue weighted by molar-refractivity contribution is 5.94. The van der Waals surface area contributed by atoms with E-state index in [2.05, 4.69) is 5.10 Å². The number of aromatic nitrogens is 2. The number of carbonyl (C=O) groups excluding carboxylic acids is 1. The highest BCUT2D eigenvalue weighted by atomic mass is 19.3. The van der Waals surface area contributed by atoms with Gasteiger partial charge in [0.1, 0.15) is 0 Å². The number of hydrogen-bond donors (Lipinski definition) is 1. The average Bonchev–Trinajstić information content (AvgIpc) is 2.67. The Balaban J connectivity index is 2.22. The van der Waals surface area contributed by atoms with Gasteiger partial charge in [-0.05, 0) is 5.92 Å². The van der Waals surface area contributed by atoms with E-state index < -0.39 is 18.4 Å². The van der Waals surface area contributed by atoms with Crippen LogP contribution in [-0.4, -0.2) is 44.9 Å². The number of β-amino-alcohol motifs (C(OH)–C–C–N with tert-alkyl or cyclic N) is 1. The van der Waals surface area contributed by atoms with Crippen LogP contribution in [0.15, 0.2) is 6.20 Å². The Morgan fingerprint density at radius 3 is 2.63 bits per heavy atom. The molecule has 1 aliphatic heterocycles. The molecule has 1 fully saturated rings. The molecule has 1 aromatic heterocycles. The smallest absolute Gasteiger partial charge is 0.275 e. The zero-order valence-corrected chi connectivity index (χ0v) is 10.9. The lowest BCUT2D eigenvalue weighted by atomic mass is 10.1. The van der Waals surface area contributed by atoms with Gasteiger partial charge in [-0.3, -0.25) is 9.48 Å². The van der Waals surface area contributed by atoms with Gasteiger partial charge in [-0.15, -0.1) is 0 Å². The maximum absolute atomic E-state index is 12.9. The molecule has 2 rings (SSSR count). The summed E-state index contributed by atoms with van der Waals surface area (Å²) in [5, 5.41) is 13.1. The standard InChI is InChI=1S/C12H17F2N3O2/c1-7(2)3-17-6-9(11(13)14)10(15-17)12(19)16-4-8(18)5-16/h6-8,11,18H,3-5H2,1-2H3. The molecule has 1 aromatic rings. The van der Waals surface area contributed by atoms with Gasteiger partial charge in [0.05, 0.1) is 11.7 Å². The van der Waals surface area contributed by atoms with Gasteiger partial charge in [0.2, 0.25) is 0 Å². The summed E-state index contributed by atoms with van der Waals surface area (Å²) in [6.45, 7) is 4.72. The fourth-order valence-corrected chi connectivity index (χ4v) is 2.00. The Morgan fingerprint density at radius 2 is 2.16 bits per heavy atom. The fraction of sp³-hybridized carbons (Fsp3) is 0.667. The first-order valence-corrected chi connectivity index (χ1v) is 6.21. The van der Waals surface area contributed by atoms with Gasteiger partial charge in [0.15, 0.2) is 5.69 Å². The lowest BCUT2D eigenvalue weighted by Gasteiger charge is -2.35. The molecular weight excluding hydrogens is 256 g/mol. The summed E-state index contributed by atoms with van der Waals surface area (Å²) in [6.07, 6.45) is -2.06. The molecule has 1 saturated heterocycles. The molecule has 0 radical (unpaired) electrons. The third-order valence-electron chi connectivity index (χ3n) is 2.93. The normalized spacial score (nSPS) is 16.3. The fourth-order valence-electron chi connectivity index (χ4n) is 2.00. The van der Waals surface area contributed by atoms with E-state index in [0.29, 0.717) is 6.54 Å².